The first kappa shape index (κ1) is 14.3. The molecular weight excluding hydrogens is 308 g/mol. The van der Waals surface area contributed by atoms with Gasteiger partial charge in [-0.05, 0) is 20.3 Å². The van der Waals surface area contributed by atoms with Crippen LogP contribution in [0.2, 0.25) is 0 Å². The summed E-state index contributed by atoms with van der Waals surface area (Å²) in [5, 5.41) is 0.614. The van der Waals surface area contributed by atoms with E-state index in [0.29, 0.717) is 23.0 Å². The van der Waals surface area contributed by atoms with E-state index in [9.17, 15) is 9.59 Å². The number of hydrogen-bond acceptors (Lipinski definition) is 2. The third-order valence-electron chi connectivity index (χ3n) is 3.74. The number of imide groups is 1. The van der Waals surface area contributed by atoms with E-state index >= 15 is 0 Å². The van der Waals surface area contributed by atoms with E-state index in [1.807, 2.05) is 13.8 Å². The van der Waals surface area contributed by atoms with Crippen LogP contribution >= 0.6 is 15.9 Å². The Hall–Kier alpha value is -1.10. The first-order chi connectivity index (χ1) is 9.04. The molecule has 0 bridgehead atoms. The monoisotopic (exact) mass is 326 g/mol. The molecule has 0 radical (unpaired) electrons. The van der Waals surface area contributed by atoms with Crippen LogP contribution in [0.15, 0.2) is 0 Å². The zero-order chi connectivity index (χ0) is 14.2. The summed E-state index contributed by atoms with van der Waals surface area (Å²) in [6, 6.07) is 0. The number of alkyl halides is 1. The van der Waals surface area contributed by atoms with Crippen LogP contribution in [0, 0.1) is 13.8 Å². The number of aromatic nitrogens is 1. The predicted molar refractivity (Wildman–Crippen MR) is 78.0 cm³/mol. The van der Waals surface area contributed by atoms with E-state index < -0.39 is 0 Å². The van der Waals surface area contributed by atoms with Crippen molar-refractivity contribution in [1.29, 1.82) is 0 Å². The zero-order valence-electron chi connectivity index (χ0n) is 11.6. The molecule has 2 rings (SSSR count). The molecule has 0 aromatic carbocycles. The van der Waals surface area contributed by atoms with Crippen molar-refractivity contribution >= 4 is 27.7 Å². The summed E-state index contributed by atoms with van der Waals surface area (Å²) in [7, 11) is 0. The molecule has 1 aliphatic rings. The van der Waals surface area contributed by atoms with Crippen LogP contribution in [0.5, 0.6) is 0 Å². The molecule has 2 amide bonds. The van der Waals surface area contributed by atoms with Crippen molar-refractivity contribution in [2.45, 2.75) is 40.2 Å². The lowest BCUT2D eigenvalue weighted by molar-refractivity contribution is 0.0662. The SMILES string of the molecule is CCCCn1c(C)c2c(c1C)C(=O)N(CCBr)C2=O. The molecule has 2 heterocycles. The van der Waals surface area contributed by atoms with E-state index in [1.54, 1.807) is 0 Å². The fourth-order valence-corrected chi connectivity index (χ4v) is 3.06. The van der Waals surface area contributed by atoms with Gasteiger partial charge in [0.25, 0.3) is 11.8 Å². The Labute approximate surface area is 121 Å². The van der Waals surface area contributed by atoms with E-state index in [1.165, 1.54) is 4.90 Å². The standard InChI is InChI=1S/C14H19BrN2O2/c1-4-5-7-16-9(2)11-12(10(16)3)14(19)17(8-6-15)13(11)18/h4-8H2,1-3H3. The highest BCUT2D eigenvalue weighted by Gasteiger charge is 2.40. The third kappa shape index (κ3) is 2.14. The first-order valence-electron chi connectivity index (χ1n) is 6.66. The van der Waals surface area contributed by atoms with Gasteiger partial charge < -0.3 is 4.57 Å². The average molecular weight is 327 g/mol. The Bertz CT molecular complexity index is 495. The fourth-order valence-electron chi connectivity index (χ4n) is 2.71. The van der Waals surface area contributed by atoms with Crippen molar-refractivity contribution in [2.75, 3.05) is 11.9 Å². The topological polar surface area (TPSA) is 42.3 Å². The maximum Gasteiger partial charge on any atom is 0.263 e. The van der Waals surface area contributed by atoms with E-state index in [2.05, 4.69) is 27.4 Å². The van der Waals surface area contributed by atoms with Gasteiger partial charge in [0.1, 0.15) is 0 Å². The number of hydrogen-bond donors (Lipinski definition) is 0. The number of fused-ring (bicyclic) bond motifs is 1. The second-order valence-electron chi connectivity index (χ2n) is 4.88. The summed E-state index contributed by atoms with van der Waals surface area (Å²) in [6.45, 7) is 7.31. The third-order valence-corrected chi connectivity index (χ3v) is 4.10. The van der Waals surface area contributed by atoms with Gasteiger partial charge in [0.15, 0.2) is 0 Å². The predicted octanol–water partition coefficient (Wildman–Crippen LogP) is 2.90. The summed E-state index contributed by atoms with van der Waals surface area (Å²) in [5.41, 5.74) is 3.08. The molecule has 1 aromatic heterocycles. The number of carbonyl (C=O) groups is 2. The normalized spacial score (nSPS) is 14.4. The largest absolute Gasteiger partial charge is 0.348 e. The van der Waals surface area contributed by atoms with Gasteiger partial charge in [-0.2, -0.15) is 0 Å². The van der Waals surface area contributed by atoms with Crippen molar-refractivity contribution in [1.82, 2.24) is 9.47 Å². The molecule has 1 aliphatic heterocycles. The average Bonchev–Trinajstić information content (AvgIpc) is 2.77. The van der Waals surface area contributed by atoms with Gasteiger partial charge in [-0.15, -0.1) is 0 Å². The summed E-state index contributed by atoms with van der Waals surface area (Å²) in [5.74, 6) is -0.286. The van der Waals surface area contributed by atoms with E-state index in [0.717, 1.165) is 30.8 Å². The van der Waals surface area contributed by atoms with Gasteiger partial charge >= 0.3 is 0 Å². The molecule has 0 N–H and O–H groups in total. The molecule has 4 nitrogen and oxygen atoms in total. The highest BCUT2D eigenvalue weighted by atomic mass is 79.9. The summed E-state index contributed by atoms with van der Waals surface area (Å²) < 4.78 is 2.11. The molecule has 19 heavy (non-hydrogen) atoms. The second kappa shape index (κ2) is 5.49. The van der Waals surface area contributed by atoms with Crippen molar-refractivity contribution < 1.29 is 9.59 Å². The van der Waals surface area contributed by atoms with Crippen molar-refractivity contribution in [3.05, 3.63) is 22.5 Å². The lowest BCUT2D eigenvalue weighted by atomic mass is 10.1. The summed E-state index contributed by atoms with van der Waals surface area (Å²) in [4.78, 5) is 26.0. The molecule has 0 saturated heterocycles. The first-order valence-corrected chi connectivity index (χ1v) is 7.78. The van der Waals surface area contributed by atoms with Gasteiger partial charge in [-0.3, -0.25) is 14.5 Å². The van der Waals surface area contributed by atoms with Crippen LogP contribution in [0.4, 0.5) is 0 Å². The maximum atomic E-state index is 12.3. The van der Waals surface area contributed by atoms with Crippen LogP contribution < -0.4 is 0 Å². The lowest BCUT2D eigenvalue weighted by Crippen LogP contribution is -2.32. The van der Waals surface area contributed by atoms with Gasteiger partial charge in [-0.1, -0.05) is 29.3 Å². The Morgan fingerprint density at radius 1 is 1.00 bits per heavy atom. The van der Waals surface area contributed by atoms with E-state index in [4.69, 9.17) is 0 Å². The number of unbranched alkanes of at least 4 members (excludes halogenated alkanes) is 1. The Morgan fingerprint density at radius 2 is 1.53 bits per heavy atom. The number of nitrogens with zero attached hydrogens (tertiary/aromatic N) is 2. The molecule has 1 aromatic rings. The van der Waals surface area contributed by atoms with Crippen LogP contribution in [-0.4, -0.2) is 33.2 Å². The van der Waals surface area contributed by atoms with Crippen LogP contribution in [-0.2, 0) is 6.54 Å². The highest BCUT2D eigenvalue weighted by Crippen LogP contribution is 2.31. The lowest BCUT2D eigenvalue weighted by Gasteiger charge is -2.15. The molecule has 0 fully saturated rings. The second-order valence-corrected chi connectivity index (χ2v) is 5.67. The quantitative estimate of drug-likeness (QED) is 0.616. The molecule has 0 aliphatic carbocycles. The van der Waals surface area contributed by atoms with Crippen molar-refractivity contribution in [3.63, 3.8) is 0 Å². The highest BCUT2D eigenvalue weighted by molar-refractivity contribution is 9.09. The smallest absolute Gasteiger partial charge is 0.263 e. The Morgan fingerprint density at radius 3 is 1.95 bits per heavy atom. The maximum absolute atomic E-state index is 12.3. The minimum Gasteiger partial charge on any atom is -0.348 e. The molecule has 0 unspecified atom stereocenters. The van der Waals surface area contributed by atoms with Crippen molar-refractivity contribution in [2.24, 2.45) is 0 Å². The molecule has 104 valence electrons. The molecule has 0 spiro atoms. The van der Waals surface area contributed by atoms with E-state index in [-0.39, 0.29) is 11.8 Å². The minimum absolute atomic E-state index is 0.143. The van der Waals surface area contributed by atoms with Gasteiger partial charge in [0, 0.05) is 29.8 Å². The Kier molecular flexibility index (Phi) is 4.13. The molecule has 0 atom stereocenters. The van der Waals surface area contributed by atoms with Gasteiger partial charge in [0.05, 0.1) is 11.1 Å². The molecule has 5 heteroatoms. The number of carbonyl (C=O) groups excluding carboxylic acids is 2. The van der Waals surface area contributed by atoms with Crippen molar-refractivity contribution in [3.8, 4) is 0 Å². The minimum atomic E-state index is -0.143. The van der Waals surface area contributed by atoms with Crippen LogP contribution in [0.3, 0.4) is 0 Å². The molecular formula is C14H19BrN2O2. The van der Waals surface area contributed by atoms with Crippen LogP contribution in [0.1, 0.15) is 51.9 Å². The zero-order valence-corrected chi connectivity index (χ0v) is 13.2. The molecule has 0 saturated carbocycles. The summed E-state index contributed by atoms with van der Waals surface area (Å²) >= 11 is 3.28. The van der Waals surface area contributed by atoms with Gasteiger partial charge in [-0.25, -0.2) is 0 Å². The summed E-state index contributed by atoms with van der Waals surface area (Å²) in [6.07, 6.45) is 2.15. The number of rotatable bonds is 5. The number of amides is 2. The number of halogens is 1. The van der Waals surface area contributed by atoms with Crippen LogP contribution in [0.25, 0.3) is 0 Å². The van der Waals surface area contributed by atoms with Gasteiger partial charge in [0.2, 0.25) is 0 Å². The Balaban J connectivity index is 2.44. The fraction of sp³-hybridized carbons (Fsp3) is 0.571.